The van der Waals surface area contributed by atoms with Crippen LogP contribution in [-0.4, -0.2) is 40.5 Å². The SMILES string of the molecule is CCC[CH2][Sn]([CH2]CCC)([CH2]CCC)[CH2]CCC.O=C(O)C=CC(=O)O. The van der Waals surface area contributed by atoms with Gasteiger partial charge in [0, 0.05) is 12.2 Å². The van der Waals surface area contributed by atoms with Gasteiger partial charge in [-0.2, -0.15) is 0 Å². The van der Waals surface area contributed by atoms with E-state index in [1.165, 1.54) is 51.4 Å². The zero-order valence-corrected chi connectivity index (χ0v) is 19.7. The van der Waals surface area contributed by atoms with Crippen molar-refractivity contribution in [3.05, 3.63) is 12.2 Å². The van der Waals surface area contributed by atoms with E-state index in [2.05, 4.69) is 27.7 Å². The number of carboxylic acid groups (broad SMARTS) is 2. The Morgan fingerprint density at radius 1 is 0.640 bits per heavy atom. The van der Waals surface area contributed by atoms with Crippen LogP contribution in [0.5, 0.6) is 0 Å². The van der Waals surface area contributed by atoms with Crippen LogP contribution >= 0.6 is 0 Å². The molecular formula is C20H40O4Sn. The van der Waals surface area contributed by atoms with E-state index < -0.39 is 30.3 Å². The Hall–Kier alpha value is -0.521. The molecule has 0 spiro atoms. The summed E-state index contributed by atoms with van der Waals surface area (Å²) >= 11 is -1.69. The van der Waals surface area contributed by atoms with E-state index in [0.717, 1.165) is 0 Å². The molecule has 4 nitrogen and oxygen atoms in total. The molecule has 0 saturated carbocycles. The summed E-state index contributed by atoms with van der Waals surface area (Å²) in [5, 5.41) is 15.6. The smallest absolute Gasteiger partial charge is 0.328 e. The van der Waals surface area contributed by atoms with Crippen molar-refractivity contribution < 1.29 is 19.8 Å². The molecular weight excluding hydrogens is 423 g/mol. The molecule has 0 aliphatic carbocycles. The molecule has 0 unspecified atom stereocenters. The van der Waals surface area contributed by atoms with Gasteiger partial charge in [-0.1, -0.05) is 0 Å². The molecule has 25 heavy (non-hydrogen) atoms. The molecule has 0 aliphatic heterocycles. The maximum Gasteiger partial charge on any atom is 0.328 e. The van der Waals surface area contributed by atoms with Crippen LogP contribution in [0, 0.1) is 0 Å². The number of hydrogen-bond donors (Lipinski definition) is 2. The van der Waals surface area contributed by atoms with Gasteiger partial charge in [0.25, 0.3) is 0 Å². The number of carboxylic acids is 2. The van der Waals surface area contributed by atoms with Crippen molar-refractivity contribution in [1.29, 1.82) is 0 Å². The van der Waals surface area contributed by atoms with Gasteiger partial charge in [0.15, 0.2) is 0 Å². The number of aliphatic carboxylic acids is 2. The van der Waals surface area contributed by atoms with E-state index in [9.17, 15) is 9.59 Å². The Bertz CT molecular complexity index is 313. The van der Waals surface area contributed by atoms with Crippen LogP contribution in [0.4, 0.5) is 0 Å². The molecule has 148 valence electrons. The zero-order chi connectivity index (χ0) is 19.6. The average molecular weight is 463 g/mol. The first-order valence-corrected chi connectivity index (χ1v) is 18.1. The van der Waals surface area contributed by atoms with Crippen molar-refractivity contribution in [1.82, 2.24) is 0 Å². The third kappa shape index (κ3) is 18.1. The molecule has 0 heterocycles. The van der Waals surface area contributed by atoms with Crippen LogP contribution in [0.1, 0.15) is 79.1 Å². The maximum atomic E-state index is 9.55. The van der Waals surface area contributed by atoms with Crippen LogP contribution in [0.2, 0.25) is 17.7 Å². The minimum Gasteiger partial charge on any atom is -0.478 e. The van der Waals surface area contributed by atoms with Crippen molar-refractivity contribution in [2.75, 3.05) is 0 Å². The Morgan fingerprint density at radius 3 is 1.04 bits per heavy atom. The van der Waals surface area contributed by atoms with Crippen molar-refractivity contribution in [3.8, 4) is 0 Å². The van der Waals surface area contributed by atoms with Crippen molar-refractivity contribution in [2.45, 2.75) is 96.8 Å². The summed E-state index contributed by atoms with van der Waals surface area (Å²) in [7, 11) is 0. The Morgan fingerprint density at radius 2 is 0.880 bits per heavy atom. The van der Waals surface area contributed by atoms with Gasteiger partial charge in [-0.05, 0) is 0 Å². The third-order valence-corrected chi connectivity index (χ3v) is 20.8. The van der Waals surface area contributed by atoms with Gasteiger partial charge >= 0.3 is 127 Å². The van der Waals surface area contributed by atoms with Crippen molar-refractivity contribution in [2.24, 2.45) is 0 Å². The minimum atomic E-state index is -1.69. The quantitative estimate of drug-likeness (QED) is 0.233. The average Bonchev–Trinajstić information content (AvgIpc) is 2.59. The monoisotopic (exact) mass is 464 g/mol. The van der Waals surface area contributed by atoms with E-state index in [1.807, 2.05) is 0 Å². The molecule has 0 rings (SSSR count). The standard InChI is InChI=1S/C4H4O4.4C4H9.Sn/c5-3(6)1-2-4(7)8;4*1-3-4-2;/h1-2H,(H,5,6)(H,7,8);4*1,3-4H2,2H3;. The van der Waals surface area contributed by atoms with Gasteiger partial charge in [0.2, 0.25) is 0 Å². The normalized spacial score (nSPS) is 11.2. The van der Waals surface area contributed by atoms with Crippen LogP contribution in [0.15, 0.2) is 12.2 Å². The van der Waals surface area contributed by atoms with E-state index >= 15 is 0 Å². The van der Waals surface area contributed by atoms with Gasteiger partial charge in [0.05, 0.1) is 0 Å². The summed E-state index contributed by atoms with van der Waals surface area (Å²) in [6, 6.07) is 0. The molecule has 0 bridgehead atoms. The number of unbranched alkanes of at least 4 members (excludes halogenated alkanes) is 4. The van der Waals surface area contributed by atoms with Gasteiger partial charge < -0.3 is 10.2 Å². The van der Waals surface area contributed by atoms with Crippen LogP contribution in [0.25, 0.3) is 0 Å². The second kappa shape index (κ2) is 18.3. The third-order valence-electron chi connectivity index (χ3n) is 4.61. The summed E-state index contributed by atoms with van der Waals surface area (Å²) in [4.78, 5) is 19.1. The van der Waals surface area contributed by atoms with E-state index in [1.54, 1.807) is 17.7 Å². The zero-order valence-electron chi connectivity index (χ0n) is 16.9. The minimum absolute atomic E-state index is 0.558. The second-order valence-corrected chi connectivity index (χ2v) is 21.2. The van der Waals surface area contributed by atoms with Crippen molar-refractivity contribution in [3.63, 3.8) is 0 Å². The second-order valence-electron chi connectivity index (χ2n) is 6.92. The van der Waals surface area contributed by atoms with Gasteiger partial charge in [-0.3, -0.25) is 0 Å². The van der Waals surface area contributed by atoms with E-state index in [-0.39, 0.29) is 0 Å². The van der Waals surface area contributed by atoms with E-state index in [4.69, 9.17) is 10.2 Å². The summed E-state index contributed by atoms with van der Waals surface area (Å²) in [5.41, 5.74) is 0. The molecule has 5 heteroatoms. The summed E-state index contributed by atoms with van der Waals surface area (Å²) < 4.78 is 6.80. The Balaban J connectivity index is 0. The van der Waals surface area contributed by atoms with Crippen molar-refractivity contribution >= 4 is 30.3 Å². The van der Waals surface area contributed by atoms with Gasteiger partial charge in [-0.15, -0.1) is 0 Å². The summed E-state index contributed by atoms with van der Waals surface area (Å²) in [5.74, 6) is -2.51. The predicted molar refractivity (Wildman–Crippen MR) is 109 cm³/mol. The molecule has 0 aliphatic rings. The van der Waals surface area contributed by atoms with Crippen LogP contribution in [0.3, 0.4) is 0 Å². The van der Waals surface area contributed by atoms with Gasteiger partial charge in [0.1, 0.15) is 0 Å². The molecule has 0 amide bonds. The topological polar surface area (TPSA) is 74.6 Å². The number of rotatable bonds is 14. The van der Waals surface area contributed by atoms with Crippen LogP contribution in [-0.2, 0) is 9.59 Å². The molecule has 0 saturated heterocycles. The fourth-order valence-corrected chi connectivity index (χ4v) is 20.0. The fraction of sp³-hybridized carbons (Fsp3) is 0.800. The first-order valence-electron chi connectivity index (χ1n) is 10.0. The molecule has 0 radical (unpaired) electrons. The Labute approximate surface area is 159 Å². The van der Waals surface area contributed by atoms with Crippen LogP contribution < -0.4 is 0 Å². The first-order chi connectivity index (χ1) is 11.9. The maximum absolute atomic E-state index is 9.55. The largest absolute Gasteiger partial charge is 0.478 e. The molecule has 0 atom stereocenters. The molecule has 0 aromatic heterocycles. The summed E-state index contributed by atoms with van der Waals surface area (Å²) in [6.45, 7) is 9.48. The predicted octanol–water partition coefficient (Wildman–Crippen LogP) is 6.35. The number of hydrogen-bond acceptors (Lipinski definition) is 2. The van der Waals surface area contributed by atoms with E-state index in [0.29, 0.717) is 12.2 Å². The molecule has 0 aromatic rings. The summed E-state index contributed by atoms with van der Waals surface area (Å²) in [6.07, 6.45) is 12.9. The van der Waals surface area contributed by atoms with Gasteiger partial charge in [-0.25, -0.2) is 9.59 Å². The Kier molecular flexibility index (Phi) is 19.5. The fourth-order valence-electron chi connectivity index (χ4n) is 3.10. The molecule has 0 aromatic carbocycles. The first kappa shape index (κ1) is 26.7. The number of carbonyl (C=O) groups is 2. The molecule has 2 N–H and O–H groups in total. The molecule has 0 fully saturated rings.